The summed E-state index contributed by atoms with van der Waals surface area (Å²) < 4.78 is 14.7. The van der Waals surface area contributed by atoms with Crippen molar-refractivity contribution in [3.8, 4) is 22.5 Å². The van der Waals surface area contributed by atoms with Gasteiger partial charge in [-0.25, -0.2) is 15.2 Å². The Labute approximate surface area is 388 Å². The van der Waals surface area contributed by atoms with Gasteiger partial charge in [-0.1, -0.05) is 33.8 Å². The molecular weight excluding hydrogens is 843 g/mol. The number of pyridine rings is 1. The summed E-state index contributed by atoms with van der Waals surface area (Å²) in [6.07, 6.45) is 4.20. The van der Waals surface area contributed by atoms with Crippen LogP contribution in [0.4, 0.5) is 4.79 Å². The standard InChI is InChI=1S/C49H69N9O6S/c1-12-56-40-17-16-34-21-36(40)37(44(56)35-15-13-19-50-42(35)33(6)63-11)23-48(7,8)28-64-29-49(27-59)18-14-20-57(53-49)46(61)38(22-41-51-39(34)26-65-41)52-45(60)43(30(2)3)55(10)47(62)58-31(4)24-54(9)25-32(58)5/h13,15-17,19,21,26-27,30-33,38,43,53H,12,14,18,20,22-25,28-29H2,1-11H3,(H,52,60)/t31-,32-,33+,38+,43+,49?/m1/s1. The molecule has 7 rings (SSSR count). The molecule has 3 aliphatic heterocycles. The van der Waals surface area contributed by atoms with E-state index in [1.54, 1.807) is 14.2 Å². The third-order valence-corrected chi connectivity index (χ3v) is 14.3. The number of hydrogen-bond acceptors (Lipinski definition) is 11. The van der Waals surface area contributed by atoms with E-state index in [0.717, 1.165) is 70.6 Å². The predicted octanol–water partition coefficient (Wildman–Crippen LogP) is 6.35. The highest BCUT2D eigenvalue weighted by molar-refractivity contribution is 7.10. The lowest BCUT2D eigenvalue weighted by Gasteiger charge is -2.46. The Hall–Kier alpha value is -4.74. The van der Waals surface area contributed by atoms with E-state index in [1.807, 2.05) is 64.2 Å². The minimum absolute atomic E-state index is 0.0463. The topological polar surface area (TPSA) is 154 Å². The highest BCUT2D eigenvalue weighted by Gasteiger charge is 2.43. The molecule has 2 fully saturated rings. The number of nitrogens with one attached hydrogen (secondary N) is 2. The van der Waals surface area contributed by atoms with Gasteiger partial charge in [0.1, 0.15) is 23.9 Å². The van der Waals surface area contributed by atoms with Gasteiger partial charge >= 0.3 is 6.03 Å². The predicted molar refractivity (Wildman–Crippen MR) is 254 cm³/mol. The fourth-order valence-electron chi connectivity index (χ4n) is 10.4. The van der Waals surface area contributed by atoms with Gasteiger partial charge in [-0.05, 0) is 95.2 Å². The number of piperazine rings is 1. The Balaban J connectivity index is 1.30. The van der Waals surface area contributed by atoms with E-state index in [4.69, 9.17) is 19.4 Å². The van der Waals surface area contributed by atoms with Crippen molar-refractivity contribution >= 4 is 46.4 Å². The number of thiazole rings is 1. The quantitative estimate of drug-likeness (QED) is 0.182. The number of methoxy groups -OCH3 is 1. The van der Waals surface area contributed by atoms with Gasteiger partial charge in [0.25, 0.3) is 5.91 Å². The SMILES string of the molecule is CCn1c(-c2cccnc2[C@H](C)OC)c2c3cc(ccc31)-c1csc(n1)C[C@H](NC(=O)[C@H](C(C)C)N(C)C(=O)N1[C@H](C)CN(C)C[C@H]1C)C(=O)N1CCCC(C=O)(COCC(C)(C)C2)N1. The molecule has 0 spiro atoms. The number of fused-ring (bicyclic) bond motifs is 6. The van der Waals surface area contributed by atoms with Crippen LogP contribution < -0.4 is 10.7 Å². The number of aryl methyl sites for hydroxylation is 1. The summed E-state index contributed by atoms with van der Waals surface area (Å²) in [6, 6.07) is 8.32. The van der Waals surface area contributed by atoms with Crippen molar-refractivity contribution in [3.63, 3.8) is 0 Å². The Morgan fingerprint density at radius 1 is 1.14 bits per heavy atom. The molecule has 16 heteroatoms. The van der Waals surface area contributed by atoms with E-state index in [2.05, 4.69) is 65.2 Å². The maximum Gasteiger partial charge on any atom is 0.321 e. The number of carbonyl (C=O) groups excluding carboxylic acids is 4. The highest BCUT2D eigenvalue weighted by Crippen LogP contribution is 2.42. The Morgan fingerprint density at radius 3 is 2.55 bits per heavy atom. The zero-order valence-corrected chi connectivity index (χ0v) is 41.0. The third-order valence-electron chi connectivity index (χ3n) is 13.5. The van der Waals surface area contributed by atoms with Crippen molar-refractivity contribution < 1.29 is 28.7 Å². The van der Waals surface area contributed by atoms with Gasteiger partial charge < -0.3 is 38.9 Å². The van der Waals surface area contributed by atoms with Crippen molar-refractivity contribution in [1.29, 1.82) is 0 Å². The van der Waals surface area contributed by atoms with Gasteiger partial charge in [0, 0.05) is 92.4 Å². The fourth-order valence-corrected chi connectivity index (χ4v) is 11.2. The van der Waals surface area contributed by atoms with Gasteiger partial charge in [0.2, 0.25) is 5.91 Å². The number of carbonyl (C=O) groups is 4. The highest BCUT2D eigenvalue weighted by atomic mass is 32.1. The molecule has 2 saturated heterocycles. The maximum absolute atomic E-state index is 14.8. The molecule has 6 atom stereocenters. The summed E-state index contributed by atoms with van der Waals surface area (Å²) in [5.41, 5.74) is 8.59. The van der Waals surface area contributed by atoms with Crippen molar-refractivity contribution in [2.75, 3.05) is 54.1 Å². The summed E-state index contributed by atoms with van der Waals surface area (Å²) in [7, 11) is 5.42. The van der Waals surface area contributed by atoms with E-state index in [0.29, 0.717) is 37.4 Å². The normalized spacial score (nSPS) is 24.1. The van der Waals surface area contributed by atoms with Crippen LogP contribution in [0.25, 0.3) is 33.4 Å². The van der Waals surface area contributed by atoms with Gasteiger partial charge in [0.15, 0.2) is 0 Å². The largest absolute Gasteiger partial charge is 0.378 e. The number of hydrogen-bond donors (Lipinski definition) is 2. The minimum Gasteiger partial charge on any atom is -0.378 e. The zero-order chi connectivity index (χ0) is 47.0. The van der Waals surface area contributed by atoms with Gasteiger partial charge in [-0.2, -0.15) is 0 Å². The number of ether oxygens (including phenoxy) is 2. The van der Waals surface area contributed by atoms with Crippen LogP contribution >= 0.6 is 11.3 Å². The van der Waals surface area contributed by atoms with Gasteiger partial charge in [-0.3, -0.25) is 19.6 Å². The monoisotopic (exact) mass is 912 g/mol. The molecule has 1 aromatic carbocycles. The molecule has 4 aromatic rings. The molecule has 15 nitrogen and oxygen atoms in total. The van der Waals surface area contributed by atoms with E-state index in [9.17, 15) is 19.2 Å². The molecule has 3 aliphatic rings. The maximum atomic E-state index is 14.8. The first-order valence-corrected chi connectivity index (χ1v) is 24.0. The lowest BCUT2D eigenvalue weighted by molar-refractivity contribution is -0.147. The molecule has 1 unspecified atom stereocenters. The average molecular weight is 912 g/mol. The number of aromatic nitrogens is 3. The molecule has 0 saturated carbocycles. The summed E-state index contributed by atoms with van der Waals surface area (Å²) in [5, 5.41) is 8.31. The molecule has 6 bridgehead atoms. The smallest absolute Gasteiger partial charge is 0.321 e. The fraction of sp³-hybridized carbons (Fsp3) is 0.592. The molecule has 352 valence electrons. The number of benzene rings is 1. The van der Waals surface area contributed by atoms with Crippen LogP contribution in [-0.4, -0.2) is 142 Å². The second-order valence-electron chi connectivity index (χ2n) is 19.7. The van der Waals surface area contributed by atoms with Crippen molar-refractivity contribution in [3.05, 3.63) is 58.2 Å². The Morgan fingerprint density at radius 2 is 1.88 bits per heavy atom. The zero-order valence-electron chi connectivity index (χ0n) is 40.1. The lowest BCUT2D eigenvalue weighted by Crippen LogP contribution is -2.67. The lowest BCUT2D eigenvalue weighted by atomic mass is 9.84. The first-order chi connectivity index (χ1) is 30.9. The molecule has 3 aromatic heterocycles. The summed E-state index contributed by atoms with van der Waals surface area (Å²) in [5.74, 6) is -1.09. The first kappa shape index (κ1) is 48.2. The van der Waals surface area contributed by atoms with Gasteiger partial charge in [-0.15, -0.1) is 11.3 Å². The number of urea groups is 1. The van der Waals surface area contributed by atoms with Crippen LogP contribution in [0.1, 0.15) is 90.6 Å². The third kappa shape index (κ3) is 9.88. The van der Waals surface area contributed by atoms with Crippen molar-refractivity contribution in [1.82, 2.24) is 45.0 Å². The Bertz CT molecular complexity index is 2370. The van der Waals surface area contributed by atoms with E-state index in [-0.39, 0.29) is 43.2 Å². The number of amides is 4. The number of likely N-dealkylation sites (N-methyl/N-ethyl adjacent to an activating group) is 2. The molecule has 6 heterocycles. The summed E-state index contributed by atoms with van der Waals surface area (Å²) in [4.78, 5) is 72.2. The number of nitrogens with zero attached hydrogens (tertiary/aromatic N) is 7. The molecule has 0 radical (unpaired) electrons. The van der Waals surface area contributed by atoms with Gasteiger partial charge in [0.05, 0.1) is 41.4 Å². The van der Waals surface area contributed by atoms with Crippen LogP contribution in [0.2, 0.25) is 0 Å². The Kier molecular flexibility index (Phi) is 14.5. The molecular formula is C49H69N9O6S. The minimum atomic E-state index is -1.17. The van der Waals surface area contributed by atoms with E-state index >= 15 is 0 Å². The van der Waals surface area contributed by atoms with Crippen LogP contribution in [0, 0.1) is 11.3 Å². The van der Waals surface area contributed by atoms with E-state index in [1.165, 1.54) is 21.2 Å². The van der Waals surface area contributed by atoms with Crippen LogP contribution in [0.5, 0.6) is 0 Å². The molecule has 65 heavy (non-hydrogen) atoms. The molecule has 4 amide bonds. The number of aldehydes is 1. The second-order valence-corrected chi connectivity index (χ2v) is 20.7. The van der Waals surface area contributed by atoms with E-state index < -0.39 is 34.9 Å². The van der Waals surface area contributed by atoms with Crippen LogP contribution in [0.3, 0.4) is 0 Å². The molecule has 0 aliphatic carbocycles. The summed E-state index contributed by atoms with van der Waals surface area (Å²) in [6.45, 7) is 19.3. The van der Waals surface area contributed by atoms with Crippen molar-refractivity contribution in [2.24, 2.45) is 11.3 Å². The first-order valence-electron chi connectivity index (χ1n) is 23.2. The van der Waals surface area contributed by atoms with Crippen molar-refractivity contribution in [2.45, 2.75) is 123 Å². The summed E-state index contributed by atoms with van der Waals surface area (Å²) >= 11 is 1.43. The number of hydrazine groups is 1. The van der Waals surface area contributed by atoms with Crippen LogP contribution in [0.15, 0.2) is 41.9 Å². The van der Waals surface area contributed by atoms with Crippen LogP contribution in [-0.2, 0) is 43.2 Å². The second kappa shape index (κ2) is 19.6. The number of rotatable bonds is 9. The average Bonchev–Trinajstić information content (AvgIpc) is 3.86. The molecule has 2 N–H and O–H groups in total.